The van der Waals surface area contributed by atoms with Crippen LogP contribution in [0.5, 0.6) is 0 Å². The second kappa shape index (κ2) is 7.93. The summed E-state index contributed by atoms with van der Waals surface area (Å²) >= 11 is 0. The fourth-order valence-corrected chi connectivity index (χ4v) is 1.85. The number of carbonyl (C=O) groups is 2. The summed E-state index contributed by atoms with van der Waals surface area (Å²) in [4.78, 5) is 24.1. The first kappa shape index (κ1) is 10.1. The van der Waals surface area contributed by atoms with Crippen LogP contribution in [0.15, 0.2) is 66.6 Å². The average molecular weight is 298 g/mol. The first-order valence-corrected chi connectivity index (χ1v) is 6.86. The van der Waals surface area contributed by atoms with E-state index in [1.165, 1.54) is 0 Å². The van der Waals surface area contributed by atoms with Gasteiger partial charge in [0.2, 0.25) is 5.91 Å². The molecule has 0 heterocycles. The Labute approximate surface area is 137 Å². The predicted molar refractivity (Wildman–Crippen MR) is 87.9 cm³/mol. The number of nitrogens with one attached hydrogen (secondary N) is 1. The Balaban J connectivity index is 2.06. The highest BCUT2D eigenvalue weighted by molar-refractivity contribution is 6.03. The first-order chi connectivity index (χ1) is 12.7. The van der Waals surface area contributed by atoms with Gasteiger partial charge in [-0.1, -0.05) is 67.5 Å². The molecule has 0 aromatic heterocycles. The van der Waals surface area contributed by atoms with Crippen LogP contribution >= 0.6 is 0 Å². The molecule has 0 aliphatic carbocycles. The Hall–Kier alpha value is -2.68. The van der Waals surface area contributed by atoms with Gasteiger partial charge in [-0.15, -0.1) is 0 Å². The number of amides is 2. The maximum Gasteiger partial charge on any atom is 0.250 e. The molecule has 0 radical (unpaired) electrons. The maximum atomic E-state index is 12.1. The third kappa shape index (κ3) is 5.02. The second-order valence-electron chi connectivity index (χ2n) is 4.82. The average Bonchev–Trinajstić information content (AvgIpc) is 2.65. The molecule has 112 valence electrons. The van der Waals surface area contributed by atoms with Crippen molar-refractivity contribution in [1.29, 1.82) is 0 Å². The van der Waals surface area contributed by atoms with E-state index in [0.717, 1.165) is 17.7 Å². The smallest absolute Gasteiger partial charge is 0.250 e. The van der Waals surface area contributed by atoms with Crippen molar-refractivity contribution in [3.63, 3.8) is 0 Å². The van der Waals surface area contributed by atoms with Crippen LogP contribution in [0.1, 0.15) is 24.9 Å². The Kier molecular flexibility index (Phi) is 3.65. The van der Waals surface area contributed by atoms with Gasteiger partial charge in [0.25, 0.3) is 5.91 Å². The van der Waals surface area contributed by atoms with Gasteiger partial charge in [0.15, 0.2) is 0 Å². The normalized spacial score (nSPS) is 15.2. The van der Waals surface area contributed by atoms with Crippen LogP contribution in [0, 0.1) is 5.92 Å². The zero-order valence-corrected chi connectivity index (χ0v) is 12.1. The van der Waals surface area contributed by atoms with Crippen LogP contribution < -0.4 is 5.32 Å². The third-order valence-electron chi connectivity index (χ3n) is 3.00. The molecule has 2 rings (SSSR count). The summed E-state index contributed by atoms with van der Waals surface area (Å²) in [6, 6.07) is 7.11. The van der Waals surface area contributed by atoms with Crippen molar-refractivity contribution < 1.29 is 16.4 Å². The maximum absolute atomic E-state index is 12.1. The van der Waals surface area contributed by atoms with Gasteiger partial charge in [0.1, 0.15) is 0 Å². The molecule has 0 aliphatic heterocycles. The van der Waals surface area contributed by atoms with Gasteiger partial charge in [-0.05, 0) is 23.6 Å². The van der Waals surface area contributed by atoms with E-state index in [1.807, 2.05) is 30.3 Å². The van der Waals surface area contributed by atoms with Crippen LogP contribution in [-0.4, -0.2) is 11.8 Å². The van der Waals surface area contributed by atoms with Gasteiger partial charge in [-0.3, -0.25) is 14.9 Å². The Morgan fingerprint density at radius 3 is 2.55 bits per heavy atom. The summed E-state index contributed by atoms with van der Waals surface area (Å²) in [7, 11) is 0. The molecule has 0 fully saturated rings. The van der Waals surface area contributed by atoms with Crippen molar-refractivity contribution in [2.75, 3.05) is 0 Å². The molecule has 3 nitrogen and oxygen atoms in total. The molecule has 1 unspecified atom stereocenters. The fourth-order valence-electron chi connectivity index (χ4n) is 1.85. The van der Waals surface area contributed by atoms with Crippen LogP contribution in [0.2, 0.25) is 0 Å². The second-order valence-corrected chi connectivity index (χ2v) is 4.82. The molecule has 0 saturated heterocycles. The molecule has 1 atom stereocenters. The summed E-state index contributed by atoms with van der Waals surface area (Å²) in [6.45, 7) is 1.70. The van der Waals surface area contributed by atoms with E-state index in [-0.39, 0.29) is 5.56 Å². The minimum atomic E-state index is -0.716. The zero-order chi connectivity index (χ0) is 20.1. The lowest BCUT2D eigenvalue weighted by Gasteiger charge is -2.10. The summed E-state index contributed by atoms with van der Waals surface area (Å²) in [5.74, 6) is -1.59. The monoisotopic (exact) mass is 298 g/mol. The van der Waals surface area contributed by atoms with Crippen molar-refractivity contribution in [2.45, 2.75) is 13.3 Å². The lowest BCUT2D eigenvalue weighted by atomic mass is 10.0. The SMILES string of the molecule is [2H]c1c([2H])c([2H])c(/C=C/C(=O)NC(=O)C(C)Cc2ccccc2)c([2H])c1[2H]. The first-order valence-electron chi connectivity index (χ1n) is 9.36. The molecular formula is C19H19NO2. The molecule has 3 heteroatoms. The largest absolute Gasteiger partial charge is 0.293 e. The van der Waals surface area contributed by atoms with Gasteiger partial charge >= 0.3 is 0 Å². The van der Waals surface area contributed by atoms with Gasteiger partial charge in [0.05, 0.1) is 6.85 Å². The van der Waals surface area contributed by atoms with Gasteiger partial charge in [0, 0.05) is 12.0 Å². The predicted octanol–water partition coefficient (Wildman–Crippen LogP) is 3.22. The zero-order valence-electron chi connectivity index (χ0n) is 17.1. The van der Waals surface area contributed by atoms with E-state index >= 15 is 0 Å². The highest BCUT2D eigenvalue weighted by Gasteiger charge is 2.15. The summed E-state index contributed by atoms with van der Waals surface area (Å²) < 4.78 is 38.3. The van der Waals surface area contributed by atoms with Crippen molar-refractivity contribution in [3.05, 3.63) is 77.7 Å². The van der Waals surface area contributed by atoms with E-state index in [0.29, 0.717) is 6.42 Å². The van der Waals surface area contributed by atoms with Crippen molar-refractivity contribution in [1.82, 2.24) is 5.32 Å². The number of hydrogen-bond acceptors (Lipinski definition) is 2. The topological polar surface area (TPSA) is 46.2 Å². The fraction of sp³-hybridized carbons (Fsp3) is 0.158. The lowest BCUT2D eigenvalue weighted by molar-refractivity contribution is -0.130. The molecular weight excluding hydrogens is 274 g/mol. The van der Waals surface area contributed by atoms with Crippen molar-refractivity contribution in [2.24, 2.45) is 5.92 Å². The summed E-state index contributed by atoms with van der Waals surface area (Å²) in [6.07, 6.45) is 2.58. The van der Waals surface area contributed by atoms with Gasteiger partial charge in [-0.2, -0.15) is 0 Å². The standard InChI is InChI=1S/C19H19NO2/c1-15(14-17-10-6-3-7-11-17)19(22)20-18(21)13-12-16-8-4-2-5-9-16/h2-13,15H,14H2,1H3,(H,20,21,22)/b13-12+/i2D,4D,5D,8D,9D. The number of hydrogen-bond donors (Lipinski definition) is 1. The highest BCUT2D eigenvalue weighted by Crippen LogP contribution is 2.08. The minimum absolute atomic E-state index is 0.110. The van der Waals surface area contributed by atoms with Crippen LogP contribution in [0.3, 0.4) is 0 Å². The van der Waals surface area contributed by atoms with Crippen LogP contribution in [-0.2, 0) is 16.0 Å². The quantitative estimate of drug-likeness (QED) is 0.862. The number of imide groups is 1. The molecule has 2 amide bonds. The van der Waals surface area contributed by atoms with Crippen molar-refractivity contribution in [3.8, 4) is 0 Å². The Morgan fingerprint density at radius 1 is 1.18 bits per heavy atom. The number of benzene rings is 2. The van der Waals surface area contributed by atoms with Crippen LogP contribution in [0.25, 0.3) is 6.08 Å². The molecule has 0 spiro atoms. The Morgan fingerprint density at radius 2 is 1.86 bits per heavy atom. The van der Waals surface area contributed by atoms with Crippen LogP contribution in [0.4, 0.5) is 0 Å². The molecule has 0 aliphatic rings. The molecule has 1 N–H and O–H groups in total. The van der Waals surface area contributed by atoms with E-state index in [4.69, 9.17) is 6.85 Å². The van der Waals surface area contributed by atoms with Gasteiger partial charge < -0.3 is 0 Å². The lowest BCUT2D eigenvalue weighted by Crippen LogP contribution is -2.34. The minimum Gasteiger partial charge on any atom is -0.293 e. The molecule has 2 aromatic rings. The van der Waals surface area contributed by atoms with E-state index < -0.39 is 47.9 Å². The summed E-state index contributed by atoms with van der Waals surface area (Å²) in [5, 5.41) is 2.23. The van der Waals surface area contributed by atoms with E-state index in [2.05, 4.69) is 5.32 Å². The Bertz CT molecular complexity index is 868. The number of rotatable bonds is 5. The van der Waals surface area contributed by atoms with Gasteiger partial charge in [-0.25, -0.2) is 0 Å². The number of carbonyl (C=O) groups excluding carboxylic acids is 2. The molecule has 22 heavy (non-hydrogen) atoms. The van der Waals surface area contributed by atoms with E-state index in [1.54, 1.807) is 6.92 Å². The highest BCUT2D eigenvalue weighted by atomic mass is 16.2. The molecule has 0 saturated carbocycles. The van der Waals surface area contributed by atoms with E-state index in [9.17, 15) is 9.59 Å². The summed E-state index contributed by atoms with van der Waals surface area (Å²) in [5.41, 5.74) is 0.864. The molecule has 0 bridgehead atoms. The van der Waals surface area contributed by atoms with Crippen molar-refractivity contribution >= 4 is 17.9 Å². The molecule has 2 aromatic carbocycles. The third-order valence-corrected chi connectivity index (χ3v) is 3.00.